The highest BCUT2D eigenvalue weighted by atomic mass is 28.5. The standard InChI is InChI=1S/C18H50O8Si7/c1-19-33(20-2,21-3)17-16-32(13)25-29(8,9)23-31(12,24-30(10,11)26-32)15-14-28(6,7)22-18-27(4)5/h27H,14-18H2,1-13H3. The van der Waals surface area contributed by atoms with Crippen molar-refractivity contribution in [1.82, 2.24) is 0 Å². The molecule has 0 unspecified atom stereocenters. The molecule has 1 heterocycles. The number of rotatable bonds is 12. The van der Waals surface area contributed by atoms with E-state index < -0.39 is 60.2 Å². The van der Waals surface area contributed by atoms with Crippen LogP contribution in [0.1, 0.15) is 0 Å². The van der Waals surface area contributed by atoms with Crippen molar-refractivity contribution in [3.05, 3.63) is 0 Å². The zero-order chi connectivity index (χ0) is 25.8. The van der Waals surface area contributed by atoms with Gasteiger partial charge in [-0.15, -0.1) is 0 Å². The fourth-order valence-electron chi connectivity index (χ4n) is 4.30. The van der Waals surface area contributed by atoms with Crippen molar-refractivity contribution in [2.45, 2.75) is 89.6 Å². The summed E-state index contributed by atoms with van der Waals surface area (Å²) >= 11 is 0. The van der Waals surface area contributed by atoms with Gasteiger partial charge >= 0.3 is 43.0 Å². The van der Waals surface area contributed by atoms with Crippen LogP contribution in [-0.2, 0) is 34.2 Å². The predicted molar refractivity (Wildman–Crippen MR) is 151 cm³/mol. The average molecular weight is 591 g/mol. The van der Waals surface area contributed by atoms with Gasteiger partial charge < -0.3 is 34.2 Å². The van der Waals surface area contributed by atoms with Gasteiger partial charge in [0.15, 0.2) is 8.32 Å². The molecule has 198 valence electrons. The maximum Gasteiger partial charge on any atom is 0.500 e. The zero-order valence-electron chi connectivity index (χ0n) is 23.4. The molecule has 0 bridgehead atoms. The maximum absolute atomic E-state index is 6.85. The fraction of sp³-hybridized carbons (Fsp3) is 1.00. The molecule has 1 aliphatic rings. The van der Waals surface area contributed by atoms with E-state index in [1.807, 2.05) is 0 Å². The lowest BCUT2D eigenvalue weighted by molar-refractivity contribution is 0.124. The van der Waals surface area contributed by atoms with Gasteiger partial charge in [0.1, 0.15) is 0 Å². The summed E-state index contributed by atoms with van der Waals surface area (Å²) in [5, 5.41) is 0. The third-order valence-corrected chi connectivity index (χ3v) is 30.0. The molecule has 0 amide bonds. The summed E-state index contributed by atoms with van der Waals surface area (Å²) in [6.07, 6.45) is 0.950. The molecule has 0 radical (unpaired) electrons. The highest BCUT2D eigenvalue weighted by molar-refractivity contribution is 6.94. The maximum atomic E-state index is 6.85. The third kappa shape index (κ3) is 11.0. The van der Waals surface area contributed by atoms with Crippen LogP contribution >= 0.6 is 0 Å². The van der Waals surface area contributed by atoms with Gasteiger partial charge in [0.05, 0.1) is 8.80 Å². The van der Waals surface area contributed by atoms with E-state index >= 15 is 0 Å². The second-order valence-corrected chi connectivity index (χ2v) is 36.2. The number of hydrogen-bond acceptors (Lipinski definition) is 8. The molecule has 0 aromatic heterocycles. The summed E-state index contributed by atoms with van der Waals surface area (Å²) < 4.78 is 50.5. The van der Waals surface area contributed by atoms with Crippen molar-refractivity contribution in [3.63, 3.8) is 0 Å². The van der Waals surface area contributed by atoms with E-state index in [9.17, 15) is 0 Å². The SMILES string of the molecule is CO[Si](CC[Si]1(C)O[Si](C)(C)O[Si](C)(CC[Si](C)(C)OC[SiH](C)C)O[Si](C)(C)O1)(OC)OC. The molecule has 15 heteroatoms. The minimum atomic E-state index is -2.72. The van der Waals surface area contributed by atoms with E-state index in [-0.39, 0.29) is 0 Å². The van der Waals surface area contributed by atoms with Crippen LogP contribution in [0, 0.1) is 0 Å². The summed E-state index contributed by atoms with van der Waals surface area (Å²) in [5.74, 6) is 0. The van der Waals surface area contributed by atoms with Gasteiger partial charge in [0.2, 0.25) is 0 Å². The van der Waals surface area contributed by atoms with E-state index in [4.69, 9.17) is 34.2 Å². The molecule has 1 rings (SSSR count). The topological polar surface area (TPSA) is 73.8 Å². The lowest BCUT2D eigenvalue weighted by atomic mass is 10.9. The van der Waals surface area contributed by atoms with E-state index in [0.717, 1.165) is 18.3 Å². The first-order chi connectivity index (χ1) is 14.8. The quantitative estimate of drug-likeness (QED) is 0.302. The van der Waals surface area contributed by atoms with E-state index in [1.165, 1.54) is 0 Å². The van der Waals surface area contributed by atoms with Crippen LogP contribution in [0.15, 0.2) is 0 Å². The van der Waals surface area contributed by atoms with E-state index in [2.05, 4.69) is 65.5 Å². The zero-order valence-corrected chi connectivity index (χ0v) is 30.5. The van der Waals surface area contributed by atoms with Crippen LogP contribution in [0.25, 0.3) is 0 Å². The monoisotopic (exact) mass is 590 g/mol. The Morgan fingerprint density at radius 3 is 1.36 bits per heavy atom. The molecule has 0 aromatic carbocycles. The van der Waals surface area contributed by atoms with E-state index in [0.29, 0.717) is 12.1 Å². The van der Waals surface area contributed by atoms with Gasteiger partial charge in [-0.2, -0.15) is 0 Å². The Labute approximate surface area is 211 Å². The van der Waals surface area contributed by atoms with E-state index in [1.54, 1.807) is 21.3 Å². The van der Waals surface area contributed by atoms with Gasteiger partial charge in [0, 0.05) is 33.6 Å². The van der Waals surface area contributed by atoms with Crippen LogP contribution in [0.2, 0.25) is 89.6 Å². The fourth-order valence-corrected chi connectivity index (χ4v) is 36.4. The normalized spacial score (nSPS) is 28.5. The summed E-state index contributed by atoms with van der Waals surface area (Å²) in [6, 6.07) is 3.29. The Bertz CT molecular complexity index is 588. The summed E-state index contributed by atoms with van der Waals surface area (Å²) in [5.41, 5.74) is 0. The van der Waals surface area contributed by atoms with Crippen molar-refractivity contribution < 1.29 is 34.2 Å². The molecule has 0 aliphatic carbocycles. The van der Waals surface area contributed by atoms with Gasteiger partial charge in [-0.25, -0.2) is 0 Å². The second-order valence-electron chi connectivity index (χ2n) is 11.2. The largest absolute Gasteiger partial charge is 0.500 e. The molecule has 1 aliphatic heterocycles. The van der Waals surface area contributed by atoms with Crippen LogP contribution in [0.3, 0.4) is 0 Å². The Morgan fingerprint density at radius 1 is 0.667 bits per heavy atom. The Balaban J connectivity index is 3.01. The first-order valence-electron chi connectivity index (χ1n) is 11.9. The molecular formula is C18H50O8Si7. The van der Waals surface area contributed by atoms with Gasteiger partial charge in [-0.1, -0.05) is 13.1 Å². The lowest BCUT2D eigenvalue weighted by Gasteiger charge is -2.49. The molecule has 33 heavy (non-hydrogen) atoms. The smallest absolute Gasteiger partial charge is 0.421 e. The molecule has 0 saturated carbocycles. The molecule has 8 nitrogen and oxygen atoms in total. The summed E-state index contributed by atoms with van der Waals surface area (Å²) in [6.45, 7) is 22.1. The molecule has 0 N–H and O–H groups in total. The van der Waals surface area contributed by atoms with Gasteiger partial charge in [-0.05, 0) is 70.5 Å². The molecular weight excluding hydrogens is 541 g/mol. The third-order valence-electron chi connectivity index (χ3n) is 5.65. The minimum Gasteiger partial charge on any atom is -0.421 e. The Kier molecular flexibility index (Phi) is 11.9. The van der Waals surface area contributed by atoms with Crippen LogP contribution in [0.4, 0.5) is 0 Å². The van der Waals surface area contributed by atoms with Crippen LogP contribution < -0.4 is 0 Å². The van der Waals surface area contributed by atoms with Gasteiger partial charge in [-0.3, -0.25) is 0 Å². The highest BCUT2D eigenvalue weighted by Gasteiger charge is 2.55. The Morgan fingerprint density at radius 2 is 1.03 bits per heavy atom. The second kappa shape index (κ2) is 12.2. The molecule has 0 spiro atoms. The van der Waals surface area contributed by atoms with Crippen molar-refractivity contribution in [3.8, 4) is 0 Å². The van der Waals surface area contributed by atoms with Crippen molar-refractivity contribution in [2.24, 2.45) is 0 Å². The van der Waals surface area contributed by atoms with Crippen molar-refractivity contribution >= 4 is 60.2 Å². The molecule has 1 saturated heterocycles. The summed E-state index contributed by atoms with van der Waals surface area (Å²) in [7, 11) is -10.4. The predicted octanol–water partition coefficient (Wildman–Crippen LogP) is 4.74. The van der Waals surface area contributed by atoms with Crippen LogP contribution in [0.5, 0.6) is 0 Å². The first-order valence-corrected chi connectivity index (χ1v) is 30.8. The van der Waals surface area contributed by atoms with Crippen LogP contribution in [-0.4, -0.2) is 87.7 Å². The minimum absolute atomic E-state index is 0.638. The lowest BCUT2D eigenvalue weighted by Crippen LogP contribution is -2.66. The first kappa shape index (κ1) is 32.2. The molecule has 0 aromatic rings. The van der Waals surface area contributed by atoms with Crippen molar-refractivity contribution in [1.29, 1.82) is 0 Å². The van der Waals surface area contributed by atoms with Gasteiger partial charge in [0.25, 0.3) is 0 Å². The average Bonchev–Trinajstić information content (AvgIpc) is 2.64. The highest BCUT2D eigenvalue weighted by Crippen LogP contribution is 2.37. The Hall–Kier alpha value is 1.20. The summed E-state index contributed by atoms with van der Waals surface area (Å²) in [4.78, 5) is 0. The molecule has 1 fully saturated rings. The molecule has 0 atom stereocenters. The van der Waals surface area contributed by atoms with Crippen molar-refractivity contribution in [2.75, 3.05) is 27.6 Å². The number of hydrogen-bond donors (Lipinski definition) is 0.